The fraction of sp³-hybridized carbons (Fsp3) is 0.0789. The molecule has 0 unspecified atom stereocenters. The third kappa shape index (κ3) is 9.59. The predicted molar refractivity (Wildman–Crippen MR) is 336 cm³/mol. The minimum Gasteiger partial charge on any atom is -0.310 e. The smallest absolute Gasteiger partial charge is 0.0468 e. The third-order valence-corrected chi connectivity index (χ3v) is 15.8. The average Bonchev–Trinajstić information content (AvgIpc) is 3.49. The van der Waals surface area contributed by atoms with Crippen molar-refractivity contribution < 1.29 is 0 Å². The van der Waals surface area contributed by atoms with Gasteiger partial charge in [0.05, 0.1) is 0 Å². The van der Waals surface area contributed by atoms with Crippen molar-refractivity contribution in [2.75, 3.05) is 9.80 Å². The van der Waals surface area contributed by atoms with Gasteiger partial charge in [0.1, 0.15) is 0 Å². The molecule has 0 atom stereocenters. The molecule has 0 saturated carbocycles. The maximum absolute atomic E-state index is 2.36. The molecule has 0 radical (unpaired) electrons. The first-order chi connectivity index (χ1) is 38.2. The van der Waals surface area contributed by atoms with Crippen LogP contribution < -0.4 is 9.80 Å². The molecule has 0 aliphatic heterocycles. The van der Waals surface area contributed by atoms with E-state index in [0.717, 1.165) is 34.1 Å². The summed E-state index contributed by atoms with van der Waals surface area (Å²) in [6.45, 7) is 8.98. The molecule has 0 N–H and O–H groups in total. The van der Waals surface area contributed by atoms with Gasteiger partial charge in [-0.05, 0) is 208 Å². The van der Waals surface area contributed by atoms with Crippen molar-refractivity contribution in [3.8, 4) is 44.5 Å². The average molecular weight is 1000 g/mol. The van der Waals surface area contributed by atoms with Crippen LogP contribution in [0.4, 0.5) is 34.1 Å². The van der Waals surface area contributed by atoms with Gasteiger partial charge in [-0.3, -0.25) is 0 Å². The zero-order chi connectivity index (χ0) is 52.7. The molecule has 0 amide bonds. The Balaban J connectivity index is 0.713. The molecule has 0 fully saturated rings. The molecule has 2 heteroatoms. The van der Waals surface area contributed by atoms with Crippen molar-refractivity contribution in [3.05, 3.63) is 290 Å². The van der Waals surface area contributed by atoms with Crippen LogP contribution in [0.3, 0.4) is 0 Å². The molecular formula is C76H60N2. The van der Waals surface area contributed by atoms with Crippen molar-refractivity contribution >= 4 is 77.2 Å². The SMILES string of the molecule is CC(C)c1ccc(N(c2ccc(-c3ccc(-c4ccc5cc6cc(-c7ccc(-c8ccc(N(c9ccc(C(C)C)cc9)c9ccc%10ccccc%10c9)cc8)cc7)ccc6cc5c4)cc3)cc2)c2ccc3ccccc3c2)cc1. The quantitative estimate of drug-likeness (QED) is 0.113. The molecule has 0 heterocycles. The Morgan fingerprint density at radius 2 is 0.436 bits per heavy atom. The Morgan fingerprint density at radius 3 is 0.769 bits per heavy atom. The van der Waals surface area contributed by atoms with Crippen LogP contribution in [0.2, 0.25) is 0 Å². The summed E-state index contributed by atoms with van der Waals surface area (Å²) >= 11 is 0. The fourth-order valence-corrected chi connectivity index (χ4v) is 11.2. The van der Waals surface area contributed by atoms with Crippen molar-refractivity contribution in [1.82, 2.24) is 0 Å². The van der Waals surface area contributed by atoms with Gasteiger partial charge in [0.25, 0.3) is 0 Å². The van der Waals surface area contributed by atoms with Crippen LogP contribution in [0.15, 0.2) is 279 Å². The highest BCUT2D eigenvalue weighted by atomic mass is 15.1. The van der Waals surface area contributed by atoms with E-state index in [4.69, 9.17) is 0 Å². The molecule has 374 valence electrons. The van der Waals surface area contributed by atoms with Gasteiger partial charge in [0.15, 0.2) is 0 Å². The van der Waals surface area contributed by atoms with E-state index < -0.39 is 0 Å². The molecular weight excluding hydrogens is 941 g/mol. The molecule has 2 nitrogen and oxygen atoms in total. The van der Waals surface area contributed by atoms with Crippen molar-refractivity contribution in [2.45, 2.75) is 39.5 Å². The van der Waals surface area contributed by atoms with Crippen molar-refractivity contribution in [2.24, 2.45) is 0 Å². The number of rotatable bonds is 12. The number of nitrogens with zero attached hydrogens (tertiary/aromatic N) is 2. The van der Waals surface area contributed by atoms with Gasteiger partial charge >= 0.3 is 0 Å². The number of hydrogen-bond donors (Lipinski definition) is 0. The van der Waals surface area contributed by atoms with Crippen LogP contribution in [0.1, 0.15) is 50.7 Å². The molecule has 13 aromatic carbocycles. The van der Waals surface area contributed by atoms with E-state index in [1.807, 2.05) is 0 Å². The summed E-state index contributed by atoms with van der Waals surface area (Å²) in [7, 11) is 0. The first-order valence-corrected chi connectivity index (χ1v) is 27.4. The largest absolute Gasteiger partial charge is 0.310 e. The lowest BCUT2D eigenvalue weighted by Gasteiger charge is -2.26. The molecule has 0 aromatic heterocycles. The lowest BCUT2D eigenvalue weighted by Crippen LogP contribution is -2.10. The lowest BCUT2D eigenvalue weighted by atomic mass is 9.95. The fourth-order valence-electron chi connectivity index (χ4n) is 11.2. The molecule has 13 aromatic rings. The molecule has 78 heavy (non-hydrogen) atoms. The van der Waals surface area contributed by atoms with E-state index >= 15 is 0 Å². The normalized spacial score (nSPS) is 11.6. The van der Waals surface area contributed by atoms with E-state index in [9.17, 15) is 0 Å². The van der Waals surface area contributed by atoms with E-state index in [2.05, 4.69) is 317 Å². The van der Waals surface area contributed by atoms with Gasteiger partial charge in [0.2, 0.25) is 0 Å². The summed E-state index contributed by atoms with van der Waals surface area (Å²) in [5.41, 5.74) is 19.1. The monoisotopic (exact) mass is 1000 g/mol. The second-order valence-electron chi connectivity index (χ2n) is 21.5. The van der Waals surface area contributed by atoms with Crippen LogP contribution >= 0.6 is 0 Å². The summed E-state index contributed by atoms with van der Waals surface area (Å²) in [6, 6.07) is 103. The van der Waals surface area contributed by atoms with Crippen LogP contribution in [0, 0.1) is 0 Å². The first-order valence-electron chi connectivity index (χ1n) is 27.4. The molecule has 0 bridgehead atoms. The maximum Gasteiger partial charge on any atom is 0.0468 e. The van der Waals surface area contributed by atoms with Crippen molar-refractivity contribution in [1.29, 1.82) is 0 Å². The van der Waals surface area contributed by atoms with E-state index in [1.165, 1.54) is 98.7 Å². The Hall–Kier alpha value is -9.50. The second-order valence-corrected chi connectivity index (χ2v) is 21.5. The topological polar surface area (TPSA) is 6.48 Å². The van der Waals surface area contributed by atoms with Crippen LogP contribution in [-0.2, 0) is 0 Å². The van der Waals surface area contributed by atoms with Gasteiger partial charge in [-0.25, -0.2) is 0 Å². The Labute approximate surface area is 458 Å². The zero-order valence-corrected chi connectivity index (χ0v) is 44.6. The summed E-state index contributed by atoms with van der Waals surface area (Å²) in [5, 5.41) is 9.88. The van der Waals surface area contributed by atoms with Gasteiger partial charge in [-0.1, -0.05) is 210 Å². The van der Waals surface area contributed by atoms with Crippen molar-refractivity contribution in [3.63, 3.8) is 0 Å². The summed E-state index contributed by atoms with van der Waals surface area (Å²) in [6.07, 6.45) is 0. The highest BCUT2D eigenvalue weighted by molar-refractivity contribution is 6.01. The summed E-state index contributed by atoms with van der Waals surface area (Å²) in [5.74, 6) is 0.955. The van der Waals surface area contributed by atoms with E-state index in [-0.39, 0.29) is 0 Å². The minimum absolute atomic E-state index is 0.477. The summed E-state index contributed by atoms with van der Waals surface area (Å²) in [4.78, 5) is 4.72. The molecule has 0 aliphatic rings. The molecule has 13 rings (SSSR count). The highest BCUT2D eigenvalue weighted by Crippen LogP contribution is 2.41. The Kier molecular flexibility index (Phi) is 12.7. The zero-order valence-electron chi connectivity index (χ0n) is 44.6. The standard InChI is InChI=1S/C76H60N2/c1-51(2)53-25-35-71(36-26-53)77(75-43-33-55-9-5-7-11-63(55)49-75)73-39-29-59(30-40-73)57-13-17-61(18-14-57)65-21-23-67-48-70-46-66(22-24-68(70)47-69(67)45-65)62-19-15-58(16-20-62)60-31-41-74(42-32-60)78(72-37-27-54(28-38-72)52(3)4)76-44-34-56-10-6-8-12-64(56)50-76/h5-52H,1-4H3. The van der Waals surface area contributed by atoms with Gasteiger partial charge < -0.3 is 9.80 Å². The molecule has 0 saturated heterocycles. The predicted octanol–water partition coefficient (Wildman–Crippen LogP) is 22.2. The summed E-state index contributed by atoms with van der Waals surface area (Å²) < 4.78 is 0. The Bertz CT molecular complexity index is 3990. The number of hydrogen-bond acceptors (Lipinski definition) is 2. The van der Waals surface area contributed by atoms with Gasteiger partial charge in [-0.15, -0.1) is 0 Å². The molecule has 0 aliphatic carbocycles. The lowest BCUT2D eigenvalue weighted by molar-refractivity contribution is 0.866. The Morgan fingerprint density at radius 1 is 0.192 bits per heavy atom. The minimum atomic E-state index is 0.477. The first kappa shape index (κ1) is 48.2. The highest BCUT2D eigenvalue weighted by Gasteiger charge is 2.17. The number of fused-ring (bicyclic) bond motifs is 4. The van der Waals surface area contributed by atoms with E-state index in [1.54, 1.807) is 0 Å². The maximum atomic E-state index is 2.36. The van der Waals surface area contributed by atoms with Gasteiger partial charge in [-0.2, -0.15) is 0 Å². The van der Waals surface area contributed by atoms with E-state index in [0.29, 0.717) is 11.8 Å². The van der Waals surface area contributed by atoms with Gasteiger partial charge in [0, 0.05) is 34.1 Å². The van der Waals surface area contributed by atoms with Crippen LogP contribution in [0.25, 0.3) is 87.6 Å². The number of anilines is 6. The second kappa shape index (κ2) is 20.6. The van der Waals surface area contributed by atoms with Crippen LogP contribution in [-0.4, -0.2) is 0 Å². The third-order valence-electron chi connectivity index (χ3n) is 15.8. The number of benzene rings is 13. The van der Waals surface area contributed by atoms with Crippen LogP contribution in [0.5, 0.6) is 0 Å². The molecule has 0 spiro atoms.